The molecule has 35 heavy (non-hydrogen) atoms. The van der Waals surface area contributed by atoms with Crippen LogP contribution in [0.15, 0.2) is 78.4 Å². The van der Waals surface area contributed by atoms with Crippen molar-refractivity contribution in [1.82, 2.24) is 0 Å². The van der Waals surface area contributed by atoms with Crippen molar-refractivity contribution < 1.29 is 27.9 Å². The van der Waals surface area contributed by atoms with E-state index < -0.39 is 35.2 Å². The Labute approximate surface area is 204 Å². The lowest BCUT2D eigenvalue weighted by atomic mass is 9.95. The Kier molecular flexibility index (Phi) is 6.34. The molecule has 0 saturated carbocycles. The van der Waals surface area contributed by atoms with Crippen molar-refractivity contribution in [2.24, 2.45) is 0 Å². The molecule has 4 rings (SSSR count). The number of amides is 1. The topological polar surface area (TPSA) is 60.9 Å². The number of nitrogens with zero attached hydrogens (tertiary/aromatic N) is 2. The van der Waals surface area contributed by atoms with Gasteiger partial charge < -0.3 is 10.0 Å². The van der Waals surface area contributed by atoms with Crippen molar-refractivity contribution in [3.63, 3.8) is 0 Å². The quantitative estimate of drug-likeness (QED) is 0.269. The summed E-state index contributed by atoms with van der Waals surface area (Å²) in [6, 6.07) is 16.0. The van der Waals surface area contributed by atoms with Crippen LogP contribution in [0.25, 0.3) is 5.76 Å². The Hall–Kier alpha value is -3.78. The van der Waals surface area contributed by atoms with Gasteiger partial charge in [-0.25, -0.2) is 0 Å². The van der Waals surface area contributed by atoms with Crippen molar-refractivity contribution in [3.05, 3.63) is 100 Å². The minimum atomic E-state index is -4.55. The Bertz CT molecular complexity index is 1320. The molecule has 1 aliphatic rings. The van der Waals surface area contributed by atoms with Gasteiger partial charge in [-0.2, -0.15) is 13.2 Å². The molecule has 3 aromatic carbocycles. The lowest BCUT2D eigenvalue weighted by Crippen LogP contribution is -2.29. The molecule has 1 amide bonds. The second-order valence-electron chi connectivity index (χ2n) is 8.21. The third-order valence-corrected chi connectivity index (χ3v) is 5.98. The number of carbonyl (C=O) groups excluding carboxylic acids is 2. The number of aliphatic hydroxyl groups excluding tert-OH is 1. The number of aliphatic hydroxyl groups is 1. The van der Waals surface area contributed by atoms with Crippen LogP contribution in [0.2, 0.25) is 5.02 Å². The third kappa shape index (κ3) is 4.61. The summed E-state index contributed by atoms with van der Waals surface area (Å²) in [6.07, 6.45) is -4.55. The molecule has 1 aliphatic heterocycles. The fourth-order valence-corrected chi connectivity index (χ4v) is 4.16. The summed E-state index contributed by atoms with van der Waals surface area (Å²) in [7, 11) is 3.70. The first-order valence-electron chi connectivity index (χ1n) is 10.5. The number of hydrogen-bond acceptors (Lipinski definition) is 4. The molecule has 0 spiro atoms. The Morgan fingerprint density at radius 1 is 0.971 bits per heavy atom. The van der Waals surface area contributed by atoms with E-state index in [0.717, 1.165) is 34.9 Å². The van der Waals surface area contributed by atoms with Gasteiger partial charge in [-0.15, -0.1) is 0 Å². The zero-order chi connectivity index (χ0) is 25.5. The van der Waals surface area contributed by atoms with E-state index in [4.69, 9.17) is 11.6 Å². The summed E-state index contributed by atoms with van der Waals surface area (Å²) < 4.78 is 39.2. The number of alkyl halides is 3. The van der Waals surface area contributed by atoms with Gasteiger partial charge in [-0.1, -0.05) is 35.9 Å². The molecular formula is C26H20ClF3N2O3. The predicted molar refractivity (Wildman–Crippen MR) is 128 cm³/mol. The fourth-order valence-electron chi connectivity index (χ4n) is 3.97. The number of carbonyl (C=O) groups is 2. The standard InChI is InChI=1S/C26H20ClF3N2O3/c1-31(2)19-10-6-15(7-11-19)22-21(23(33)16-4-3-5-18(27)14-16)24(34)25(35)32(22)20-12-8-17(9-13-20)26(28,29)30/h3-14,22,33H,1-2H3/b23-21+. The van der Waals surface area contributed by atoms with E-state index in [1.807, 2.05) is 19.0 Å². The summed E-state index contributed by atoms with van der Waals surface area (Å²) in [5.41, 5.74) is 0.608. The Morgan fingerprint density at radius 3 is 2.14 bits per heavy atom. The number of benzene rings is 3. The smallest absolute Gasteiger partial charge is 0.416 e. The van der Waals surface area contributed by atoms with Gasteiger partial charge in [0.1, 0.15) is 5.76 Å². The lowest BCUT2D eigenvalue weighted by molar-refractivity contribution is -0.137. The summed E-state index contributed by atoms with van der Waals surface area (Å²) in [5, 5.41) is 11.4. The fraction of sp³-hybridized carbons (Fsp3) is 0.154. The molecule has 1 unspecified atom stereocenters. The molecule has 0 aromatic heterocycles. The van der Waals surface area contributed by atoms with E-state index in [9.17, 15) is 27.9 Å². The van der Waals surface area contributed by atoms with Gasteiger partial charge >= 0.3 is 6.18 Å². The van der Waals surface area contributed by atoms with Crippen LogP contribution in [0.4, 0.5) is 24.5 Å². The zero-order valence-corrected chi connectivity index (χ0v) is 19.4. The van der Waals surface area contributed by atoms with Gasteiger partial charge in [-0.05, 0) is 54.1 Å². The van der Waals surface area contributed by atoms with Gasteiger partial charge in [-0.3, -0.25) is 14.5 Å². The van der Waals surface area contributed by atoms with E-state index in [0.29, 0.717) is 10.6 Å². The van der Waals surface area contributed by atoms with Crippen LogP contribution in [-0.2, 0) is 15.8 Å². The Balaban J connectivity index is 1.90. The van der Waals surface area contributed by atoms with Gasteiger partial charge in [0, 0.05) is 36.1 Å². The van der Waals surface area contributed by atoms with Crippen LogP contribution in [-0.4, -0.2) is 30.9 Å². The highest BCUT2D eigenvalue weighted by atomic mass is 35.5. The van der Waals surface area contributed by atoms with Crippen molar-refractivity contribution in [1.29, 1.82) is 0 Å². The normalized spacial score (nSPS) is 17.7. The first kappa shape index (κ1) is 24.3. The molecular weight excluding hydrogens is 481 g/mol. The average Bonchev–Trinajstić information content (AvgIpc) is 3.08. The average molecular weight is 501 g/mol. The second kappa shape index (κ2) is 9.11. The molecule has 5 nitrogen and oxygen atoms in total. The maximum Gasteiger partial charge on any atom is 0.416 e. The molecule has 1 fully saturated rings. The minimum Gasteiger partial charge on any atom is -0.507 e. The molecule has 9 heteroatoms. The number of halogens is 4. The van der Waals surface area contributed by atoms with Crippen LogP contribution in [0.1, 0.15) is 22.7 Å². The van der Waals surface area contributed by atoms with Crippen LogP contribution < -0.4 is 9.80 Å². The lowest BCUT2D eigenvalue weighted by Gasteiger charge is -2.26. The first-order valence-corrected chi connectivity index (χ1v) is 10.9. The predicted octanol–water partition coefficient (Wildman–Crippen LogP) is 6.05. The summed E-state index contributed by atoms with van der Waals surface area (Å²) in [4.78, 5) is 29.2. The van der Waals surface area contributed by atoms with Crippen LogP contribution >= 0.6 is 11.6 Å². The van der Waals surface area contributed by atoms with Gasteiger partial charge in [0.05, 0.1) is 17.2 Å². The molecule has 3 aromatic rings. The van der Waals surface area contributed by atoms with Crippen LogP contribution in [0.5, 0.6) is 0 Å². The first-order chi connectivity index (χ1) is 16.5. The van der Waals surface area contributed by atoms with Crippen LogP contribution in [0, 0.1) is 0 Å². The molecule has 0 bridgehead atoms. The van der Waals surface area contributed by atoms with Gasteiger partial charge in [0.15, 0.2) is 0 Å². The summed E-state index contributed by atoms with van der Waals surface area (Å²) in [6.45, 7) is 0. The molecule has 1 atom stereocenters. The van der Waals surface area contributed by atoms with Crippen molar-refractivity contribution in [2.45, 2.75) is 12.2 Å². The van der Waals surface area contributed by atoms with Crippen LogP contribution in [0.3, 0.4) is 0 Å². The number of Topliss-reactive ketones (excluding diaryl/α,β-unsaturated/α-hetero) is 1. The maximum absolute atomic E-state index is 13.1. The van der Waals surface area contributed by atoms with E-state index in [-0.39, 0.29) is 16.8 Å². The number of anilines is 2. The maximum atomic E-state index is 13.1. The highest BCUT2D eigenvalue weighted by molar-refractivity contribution is 6.51. The van der Waals surface area contributed by atoms with E-state index in [1.165, 1.54) is 6.07 Å². The number of ketones is 1. The number of hydrogen-bond donors (Lipinski definition) is 1. The van der Waals surface area contributed by atoms with E-state index in [1.54, 1.807) is 42.5 Å². The highest BCUT2D eigenvalue weighted by Gasteiger charge is 2.47. The summed E-state index contributed by atoms with van der Waals surface area (Å²) >= 11 is 6.04. The molecule has 0 aliphatic carbocycles. The second-order valence-corrected chi connectivity index (χ2v) is 8.65. The molecule has 1 heterocycles. The minimum absolute atomic E-state index is 0.0898. The molecule has 180 valence electrons. The van der Waals surface area contributed by atoms with Crippen molar-refractivity contribution >= 4 is 40.4 Å². The van der Waals surface area contributed by atoms with Crippen molar-refractivity contribution in [2.75, 3.05) is 23.9 Å². The molecule has 0 radical (unpaired) electrons. The number of rotatable bonds is 4. The SMILES string of the molecule is CN(C)c1ccc(C2/C(=C(\O)c3cccc(Cl)c3)C(=O)C(=O)N2c2ccc(C(F)(F)F)cc2)cc1. The zero-order valence-electron chi connectivity index (χ0n) is 18.7. The van der Waals surface area contributed by atoms with Gasteiger partial charge in [0.2, 0.25) is 0 Å². The Morgan fingerprint density at radius 2 is 1.60 bits per heavy atom. The van der Waals surface area contributed by atoms with Crippen molar-refractivity contribution in [3.8, 4) is 0 Å². The third-order valence-electron chi connectivity index (χ3n) is 5.74. The van der Waals surface area contributed by atoms with Gasteiger partial charge in [0.25, 0.3) is 11.7 Å². The van der Waals surface area contributed by atoms with E-state index in [2.05, 4.69) is 0 Å². The summed E-state index contributed by atoms with van der Waals surface area (Å²) in [5.74, 6) is -2.35. The molecule has 1 N–H and O–H groups in total. The largest absolute Gasteiger partial charge is 0.507 e. The highest BCUT2D eigenvalue weighted by Crippen LogP contribution is 2.43. The molecule has 1 saturated heterocycles. The van der Waals surface area contributed by atoms with E-state index >= 15 is 0 Å². The monoisotopic (exact) mass is 500 g/mol.